The van der Waals surface area contributed by atoms with E-state index in [-0.39, 0.29) is 11.2 Å². The molecule has 1 amide bonds. The van der Waals surface area contributed by atoms with Crippen molar-refractivity contribution in [3.05, 3.63) is 84.6 Å². The monoisotopic (exact) mass is 486 g/mol. The van der Waals surface area contributed by atoms with Gasteiger partial charge in [0.15, 0.2) is 5.78 Å². The number of benzene rings is 1. The summed E-state index contributed by atoms with van der Waals surface area (Å²) in [6.07, 6.45) is 8.19. The van der Waals surface area contributed by atoms with E-state index in [1.165, 1.54) is 0 Å². The van der Waals surface area contributed by atoms with Crippen molar-refractivity contribution >= 4 is 34.5 Å². The Labute approximate surface area is 207 Å². The second-order valence-corrected chi connectivity index (χ2v) is 10.6. The maximum Gasteiger partial charge on any atom is 0.412 e. The number of hydrogen-bond acceptors (Lipinski definition) is 6. The van der Waals surface area contributed by atoms with Crippen LogP contribution in [0.3, 0.4) is 0 Å². The molecule has 1 aliphatic rings. The summed E-state index contributed by atoms with van der Waals surface area (Å²) in [5.41, 5.74) is 3.60. The molecule has 8 heteroatoms. The summed E-state index contributed by atoms with van der Waals surface area (Å²) in [7, 11) is 0. The van der Waals surface area contributed by atoms with Crippen molar-refractivity contribution in [2.75, 3.05) is 5.75 Å². The predicted molar refractivity (Wildman–Crippen MR) is 137 cm³/mol. The summed E-state index contributed by atoms with van der Waals surface area (Å²) < 4.78 is 5.71. The SMILES string of the molecule is CC(C)(C)OC(=O)N1C(c2cccnc2)SC[C@H]1C(=O)c1c[nH]c2cc(-c3cccnc3)ccc12. The highest BCUT2D eigenvalue weighted by atomic mass is 32.2. The molecule has 0 aliphatic carbocycles. The Bertz CT molecular complexity index is 1370. The van der Waals surface area contributed by atoms with Crippen molar-refractivity contribution in [2.45, 2.75) is 37.8 Å². The average molecular weight is 487 g/mol. The lowest BCUT2D eigenvalue weighted by atomic mass is 10.0. The third kappa shape index (κ3) is 4.66. The number of aromatic nitrogens is 3. The number of aromatic amines is 1. The number of carbonyl (C=O) groups is 2. The van der Waals surface area contributed by atoms with Crippen LogP contribution in [-0.2, 0) is 4.74 Å². The van der Waals surface area contributed by atoms with E-state index in [1.807, 2.05) is 69.4 Å². The minimum Gasteiger partial charge on any atom is -0.444 e. The molecular formula is C27H26N4O3S. The Kier molecular flexibility index (Phi) is 6.06. The second-order valence-electron chi connectivity index (χ2n) is 9.44. The van der Waals surface area contributed by atoms with Crippen molar-refractivity contribution < 1.29 is 14.3 Å². The van der Waals surface area contributed by atoms with E-state index < -0.39 is 17.7 Å². The van der Waals surface area contributed by atoms with Gasteiger partial charge in [-0.2, -0.15) is 0 Å². The third-order valence-electron chi connectivity index (χ3n) is 5.82. The highest BCUT2D eigenvalue weighted by Crippen LogP contribution is 2.43. The van der Waals surface area contributed by atoms with Gasteiger partial charge in [0.1, 0.15) is 17.0 Å². The highest BCUT2D eigenvalue weighted by molar-refractivity contribution is 7.99. The van der Waals surface area contributed by atoms with Gasteiger partial charge in [0.05, 0.1) is 0 Å². The van der Waals surface area contributed by atoms with Gasteiger partial charge in [-0.1, -0.05) is 24.3 Å². The van der Waals surface area contributed by atoms with Gasteiger partial charge in [0.2, 0.25) is 0 Å². The van der Waals surface area contributed by atoms with Gasteiger partial charge in [-0.05, 0) is 44.5 Å². The Morgan fingerprint density at radius 1 is 1.06 bits per heavy atom. The number of nitrogens with zero attached hydrogens (tertiary/aromatic N) is 3. The number of rotatable bonds is 4. The van der Waals surface area contributed by atoms with Crippen LogP contribution in [0.15, 0.2) is 73.4 Å². The van der Waals surface area contributed by atoms with Crippen molar-refractivity contribution in [2.24, 2.45) is 0 Å². The molecule has 0 saturated carbocycles. The van der Waals surface area contributed by atoms with Gasteiger partial charge in [-0.3, -0.25) is 19.7 Å². The fraction of sp³-hybridized carbons (Fsp3) is 0.259. The van der Waals surface area contributed by atoms with E-state index in [1.54, 1.807) is 41.4 Å². The van der Waals surface area contributed by atoms with E-state index in [0.29, 0.717) is 11.3 Å². The van der Waals surface area contributed by atoms with Gasteiger partial charge in [-0.25, -0.2) is 4.79 Å². The summed E-state index contributed by atoms with van der Waals surface area (Å²) in [4.78, 5) is 40.3. The van der Waals surface area contributed by atoms with Gasteiger partial charge < -0.3 is 9.72 Å². The molecule has 1 N–H and O–H groups in total. The van der Waals surface area contributed by atoms with Crippen LogP contribution >= 0.6 is 11.8 Å². The first-order chi connectivity index (χ1) is 16.8. The number of Topliss-reactive ketones (excluding diaryl/α,β-unsaturated/α-hetero) is 1. The number of nitrogens with one attached hydrogen (secondary N) is 1. The second kappa shape index (κ2) is 9.19. The smallest absolute Gasteiger partial charge is 0.412 e. The largest absolute Gasteiger partial charge is 0.444 e. The molecule has 35 heavy (non-hydrogen) atoms. The van der Waals surface area contributed by atoms with Crippen molar-refractivity contribution in [1.29, 1.82) is 0 Å². The standard InChI is InChI=1S/C27H26N4O3S/c1-27(2,3)34-26(33)31-23(16-35-25(31)19-7-5-11-29-14-19)24(32)21-15-30-22-12-17(8-9-20(21)22)18-6-4-10-28-13-18/h4-15,23,25,30H,16H2,1-3H3/t23-,25?/m0/s1. The summed E-state index contributed by atoms with van der Waals surface area (Å²) >= 11 is 1.54. The molecular weight excluding hydrogens is 460 g/mol. The summed E-state index contributed by atoms with van der Waals surface area (Å²) in [5.74, 6) is 0.355. The van der Waals surface area contributed by atoms with Crippen LogP contribution in [0.25, 0.3) is 22.0 Å². The molecule has 7 nitrogen and oxygen atoms in total. The summed E-state index contributed by atoms with van der Waals surface area (Å²) in [6, 6.07) is 12.9. The molecule has 1 unspecified atom stereocenters. The number of thioether (sulfide) groups is 1. The molecule has 5 rings (SSSR count). The van der Waals surface area contributed by atoms with Crippen LogP contribution in [-0.4, -0.2) is 49.1 Å². The van der Waals surface area contributed by atoms with E-state index in [0.717, 1.165) is 27.6 Å². The van der Waals surface area contributed by atoms with E-state index in [9.17, 15) is 9.59 Å². The zero-order valence-corrected chi connectivity index (χ0v) is 20.6. The zero-order chi connectivity index (χ0) is 24.6. The van der Waals surface area contributed by atoms with Gasteiger partial charge in [-0.15, -0.1) is 11.8 Å². The Hall–Kier alpha value is -3.65. The van der Waals surface area contributed by atoms with Gasteiger partial charge >= 0.3 is 6.09 Å². The predicted octanol–water partition coefficient (Wildman–Crippen LogP) is 5.86. The first-order valence-electron chi connectivity index (χ1n) is 11.4. The molecule has 3 aromatic heterocycles. The molecule has 1 aliphatic heterocycles. The molecule has 1 saturated heterocycles. The number of ether oxygens (including phenoxy) is 1. The lowest BCUT2D eigenvalue weighted by Gasteiger charge is -2.31. The molecule has 4 aromatic rings. The Morgan fingerprint density at radius 3 is 2.51 bits per heavy atom. The summed E-state index contributed by atoms with van der Waals surface area (Å²) in [6.45, 7) is 5.47. The molecule has 1 fully saturated rings. The van der Waals surface area contributed by atoms with Crippen molar-refractivity contribution in [3.63, 3.8) is 0 Å². The topological polar surface area (TPSA) is 88.2 Å². The fourth-order valence-electron chi connectivity index (χ4n) is 4.25. The quantitative estimate of drug-likeness (QED) is 0.364. The molecule has 4 heterocycles. The minimum atomic E-state index is -0.680. The molecule has 0 spiro atoms. The van der Waals surface area contributed by atoms with E-state index in [4.69, 9.17) is 4.74 Å². The van der Waals surface area contributed by atoms with Crippen LogP contribution < -0.4 is 0 Å². The van der Waals surface area contributed by atoms with Gasteiger partial charge in [0, 0.05) is 64.3 Å². The molecule has 2 atom stereocenters. The normalized spacial score (nSPS) is 18.1. The lowest BCUT2D eigenvalue weighted by molar-refractivity contribution is 0.0173. The van der Waals surface area contributed by atoms with Crippen molar-refractivity contribution in [3.8, 4) is 11.1 Å². The third-order valence-corrected chi connectivity index (χ3v) is 7.14. The Balaban J connectivity index is 1.48. The molecule has 1 aromatic carbocycles. The van der Waals surface area contributed by atoms with Crippen molar-refractivity contribution in [1.82, 2.24) is 19.9 Å². The first-order valence-corrected chi connectivity index (χ1v) is 12.5. The first kappa shape index (κ1) is 23.1. The van der Waals surface area contributed by atoms with Gasteiger partial charge in [0.25, 0.3) is 0 Å². The molecule has 0 bridgehead atoms. The number of H-pyrrole nitrogens is 1. The number of amides is 1. The van der Waals surface area contributed by atoms with Crippen LogP contribution in [0.5, 0.6) is 0 Å². The highest BCUT2D eigenvalue weighted by Gasteiger charge is 2.44. The number of hydrogen-bond donors (Lipinski definition) is 1. The number of fused-ring (bicyclic) bond motifs is 1. The van der Waals surface area contributed by atoms with E-state index >= 15 is 0 Å². The van der Waals surface area contributed by atoms with E-state index in [2.05, 4.69) is 15.0 Å². The fourth-order valence-corrected chi connectivity index (χ4v) is 5.65. The summed E-state index contributed by atoms with van der Waals surface area (Å²) in [5, 5.41) is 0.469. The maximum atomic E-state index is 13.8. The number of ketones is 1. The van der Waals surface area contributed by atoms with Crippen LogP contribution in [0.1, 0.15) is 42.1 Å². The average Bonchev–Trinajstić information content (AvgIpc) is 3.48. The number of pyridine rings is 2. The molecule has 178 valence electrons. The van der Waals surface area contributed by atoms with Crippen LogP contribution in [0.4, 0.5) is 4.79 Å². The van der Waals surface area contributed by atoms with Crippen LogP contribution in [0, 0.1) is 0 Å². The maximum absolute atomic E-state index is 13.8. The Morgan fingerprint density at radius 2 is 1.83 bits per heavy atom. The van der Waals surface area contributed by atoms with Crippen LogP contribution in [0.2, 0.25) is 0 Å². The lowest BCUT2D eigenvalue weighted by Crippen LogP contribution is -2.45. The molecule has 0 radical (unpaired) electrons. The minimum absolute atomic E-state index is 0.116. The zero-order valence-electron chi connectivity index (χ0n) is 19.8. The number of carbonyl (C=O) groups excluding carboxylic acids is 2.